The van der Waals surface area contributed by atoms with Crippen molar-refractivity contribution >= 4 is 5.71 Å². The molecule has 0 spiro atoms. The van der Waals surface area contributed by atoms with Gasteiger partial charge >= 0.3 is 0 Å². The van der Waals surface area contributed by atoms with Crippen LogP contribution >= 0.6 is 0 Å². The Labute approximate surface area is 181 Å². The molecule has 1 radical (unpaired) electrons. The summed E-state index contributed by atoms with van der Waals surface area (Å²) in [6.45, 7) is 3.14. The Morgan fingerprint density at radius 1 is 0.968 bits per heavy atom. The van der Waals surface area contributed by atoms with Crippen molar-refractivity contribution in [3.05, 3.63) is 103 Å². The highest BCUT2D eigenvalue weighted by atomic mass is 16.6. The lowest BCUT2D eigenvalue weighted by atomic mass is 10.0. The molecule has 0 aliphatic rings. The van der Waals surface area contributed by atoms with E-state index in [4.69, 9.17) is 9.57 Å². The summed E-state index contributed by atoms with van der Waals surface area (Å²) >= 11 is 0. The molecule has 31 heavy (non-hydrogen) atoms. The number of hydrogen-bond donors (Lipinski definition) is 0. The Hall–Kier alpha value is -3.93. The number of ether oxygens (including phenoxy) is 1. The second-order valence-electron chi connectivity index (χ2n) is 6.92. The van der Waals surface area contributed by atoms with Crippen LogP contribution in [0.15, 0.2) is 90.6 Å². The largest absolute Gasteiger partial charge is 0.490 e. The third-order valence-corrected chi connectivity index (χ3v) is 4.72. The number of nitrogens with zero attached hydrogens (tertiary/aromatic N) is 4. The third-order valence-electron chi connectivity index (χ3n) is 4.72. The van der Waals surface area contributed by atoms with Crippen LogP contribution < -0.4 is 4.74 Å². The predicted molar refractivity (Wildman–Crippen MR) is 120 cm³/mol. The fraction of sp³-hybridized carbons (Fsp3) is 0.160. The van der Waals surface area contributed by atoms with Gasteiger partial charge in [-0.15, -0.1) is 0 Å². The molecule has 0 bridgehead atoms. The molecular formula is C25H23N4O2. The van der Waals surface area contributed by atoms with Crippen LogP contribution in [0.25, 0.3) is 11.1 Å². The lowest BCUT2D eigenvalue weighted by Crippen LogP contribution is -2.14. The van der Waals surface area contributed by atoms with Gasteiger partial charge in [-0.3, -0.25) is 0 Å². The second kappa shape index (κ2) is 10.2. The molecule has 0 unspecified atom stereocenters. The zero-order valence-electron chi connectivity index (χ0n) is 17.3. The van der Waals surface area contributed by atoms with E-state index >= 15 is 0 Å². The minimum Gasteiger partial charge on any atom is -0.490 e. The van der Waals surface area contributed by atoms with Gasteiger partial charge in [-0.2, -0.15) is 5.10 Å². The van der Waals surface area contributed by atoms with Gasteiger partial charge in [0, 0.05) is 5.56 Å². The van der Waals surface area contributed by atoms with E-state index in [9.17, 15) is 0 Å². The highest BCUT2D eigenvalue weighted by Crippen LogP contribution is 2.20. The maximum Gasteiger partial charge on any atom is 0.151 e. The minimum atomic E-state index is 0.331. The Bertz CT molecular complexity index is 1110. The molecule has 1 heterocycles. The summed E-state index contributed by atoms with van der Waals surface area (Å²) in [5.74, 6) is 0.800. The number of oxime groups is 1. The van der Waals surface area contributed by atoms with E-state index in [1.54, 1.807) is 11.0 Å². The van der Waals surface area contributed by atoms with Gasteiger partial charge in [0.1, 0.15) is 30.7 Å². The Balaban J connectivity index is 1.43. The van der Waals surface area contributed by atoms with Crippen LogP contribution in [0, 0.1) is 13.0 Å². The average molecular weight is 411 g/mol. The molecule has 0 amide bonds. The van der Waals surface area contributed by atoms with Crippen molar-refractivity contribution in [1.29, 1.82) is 0 Å². The lowest BCUT2D eigenvalue weighted by Gasteiger charge is -2.10. The van der Waals surface area contributed by atoms with Gasteiger partial charge in [0.15, 0.2) is 6.61 Å². The van der Waals surface area contributed by atoms with Crippen LogP contribution in [0.3, 0.4) is 0 Å². The first kappa shape index (κ1) is 20.3. The molecular weight excluding hydrogens is 388 g/mol. The number of benzene rings is 3. The monoisotopic (exact) mass is 411 g/mol. The van der Waals surface area contributed by atoms with Crippen LogP contribution in [-0.4, -0.2) is 33.7 Å². The maximum atomic E-state index is 5.74. The van der Waals surface area contributed by atoms with Crippen molar-refractivity contribution in [2.45, 2.75) is 13.5 Å². The zero-order valence-corrected chi connectivity index (χ0v) is 17.3. The van der Waals surface area contributed by atoms with Crippen LogP contribution in [0.5, 0.6) is 5.75 Å². The molecule has 0 fully saturated rings. The van der Waals surface area contributed by atoms with E-state index in [-0.39, 0.29) is 0 Å². The van der Waals surface area contributed by atoms with E-state index in [0.29, 0.717) is 19.8 Å². The van der Waals surface area contributed by atoms with Gasteiger partial charge in [0.2, 0.25) is 0 Å². The highest BCUT2D eigenvalue weighted by molar-refractivity contribution is 6.00. The van der Waals surface area contributed by atoms with E-state index in [2.05, 4.69) is 45.6 Å². The second-order valence-corrected chi connectivity index (χ2v) is 6.92. The number of aromatic nitrogens is 3. The fourth-order valence-corrected chi connectivity index (χ4v) is 3.10. The summed E-state index contributed by atoms with van der Waals surface area (Å²) < 4.78 is 7.46. The molecule has 6 heteroatoms. The van der Waals surface area contributed by atoms with Crippen LogP contribution in [0.2, 0.25) is 0 Å². The van der Waals surface area contributed by atoms with Gasteiger partial charge in [-0.25, -0.2) is 9.67 Å². The number of rotatable bonds is 9. The highest BCUT2D eigenvalue weighted by Gasteiger charge is 2.08. The lowest BCUT2D eigenvalue weighted by molar-refractivity contribution is 0.106. The molecule has 0 N–H and O–H groups in total. The average Bonchev–Trinajstić information content (AvgIpc) is 3.33. The van der Waals surface area contributed by atoms with E-state index < -0.39 is 0 Å². The quantitative estimate of drug-likeness (QED) is 0.230. The molecule has 0 aliphatic carbocycles. The van der Waals surface area contributed by atoms with Crippen LogP contribution in [0.4, 0.5) is 0 Å². The first-order chi connectivity index (χ1) is 15.3. The molecule has 1 aromatic heterocycles. The van der Waals surface area contributed by atoms with Gasteiger partial charge in [0.05, 0.1) is 6.54 Å². The van der Waals surface area contributed by atoms with Crippen molar-refractivity contribution in [2.24, 2.45) is 5.16 Å². The molecule has 155 valence electrons. The summed E-state index contributed by atoms with van der Waals surface area (Å²) in [4.78, 5) is 9.57. The van der Waals surface area contributed by atoms with Crippen molar-refractivity contribution in [3.63, 3.8) is 0 Å². The Morgan fingerprint density at radius 3 is 2.52 bits per heavy atom. The predicted octanol–water partition coefficient (Wildman–Crippen LogP) is 4.55. The van der Waals surface area contributed by atoms with E-state index in [1.807, 2.05) is 55.5 Å². The fourth-order valence-electron chi connectivity index (χ4n) is 3.10. The topological polar surface area (TPSA) is 61.5 Å². The van der Waals surface area contributed by atoms with Gasteiger partial charge in [0.25, 0.3) is 0 Å². The Morgan fingerprint density at radius 2 is 1.77 bits per heavy atom. The van der Waals surface area contributed by atoms with E-state index in [0.717, 1.165) is 28.2 Å². The molecule has 4 aromatic rings. The maximum absolute atomic E-state index is 5.74. The minimum absolute atomic E-state index is 0.331. The molecule has 0 saturated carbocycles. The molecule has 0 atom stereocenters. The molecule has 4 rings (SSSR count). The van der Waals surface area contributed by atoms with Crippen molar-refractivity contribution in [2.75, 3.05) is 13.2 Å². The van der Waals surface area contributed by atoms with Gasteiger partial charge in [-0.05, 0) is 35.7 Å². The zero-order chi connectivity index (χ0) is 21.3. The Kier molecular flexibility index (Phi) is 6.70. The van der Waals surface area contributed by atoms with Crippen molar-refractivity contribution < 1.29 is 9.57 Å². The van der Waals surface area contributed by atoms with Crippen LogP contribution in [-0.2, 0) is 11.4 Å². The third kappa shape index (κ3) is 5.57. The molecule has 6 nitrogen and oxygen atoms in total. The van der Waals surface area contributed by atoms with Crippen LogP contribution in [0.1, 0.15) is 11.1 Å². The molecule has 0 saturated heterocycles. The molecule has 3 aromatic carbocycles. The van der Waals surface area contributed by atoms with Gasteiger partial charge in [-0.1, -0.05) is 71.9 Å². The van der Waals surface area contributed by atoms with Crippen molar-refractivity contribution in [1.82, 2.24) is 14.8 Å². The SMILES string of the molecule is Cc1[c]cccc1OCCON=C(Cn1cncn1)c1ccc(-c2ccccc2)cc1. The first-order valence-corrected chi connectivity index (χ1v) is 10.1. The number of aryl methyl sites for hydroxylation is 1. The standard InChI is InChI=1S/C25H23N4O2/c1-20-7-5-6-10-25(20)30-15-16-31-28-24(17-29-19-26-18-27-29)23-13-11-22(12-14-23)21-8-3-2-4-9-21/h2-6,8-14,18-19H,15-17H2,1H3. The van der Waals surface area contributed by atoms with E-state index in [1.165, 1.54) is 11.9 Å². The van der Waals surface area contributed by atoms with Gasteiger partial charge < -0.3 is 9.57 Å². The normalized spacial score (nSPS) is 11.3. The number of hydrogen-bond acceptors (Lipinski definition) is 5. The summed E-state index contributed by atoms with van der Waals surface area (Å²) in [5, 5.41) is 8.55. The van der Waals surface area contributed by atoms with Crippen molar-refractivity contribution in [3.8, 4) is 16.9 Å². The summed E-state index contributed by atoms with van der Waals surface area (Å²) in [6.07, 6.45) is 3.16. The summed E-state index contributed by atoms with van der Waals surface area (Å²) in [5.41, 5.74) is 5.01. The molecule has 0 aliphatic heterocycles. The summed E-state index contributed by atoms with van der Waals surface area (Å²) in [7, 11) is 0. The summed E-state index contributed by atoms with van der Waals surface area (Å²) in [6, 6.07) is 27.3. The first-order valence-electron chi connectivity index (χ1n) is 10.1. The smallest absolute Gasteiger partial charge is 0.151 e.